The lowest BCUT2D eigenvalue weighted by Crippen LogP contribution is -2.30. The molecule has 1 aromatic rings. The monoisotopic (exact) mass is 311 g/mol. The van der Waals surface area contributed by atoms with E-state index in [0.29, 0.717) is 12.6 Å². The Morgan fingerprint density at radius 3 is 2.86 bits per heavy atom. The minimum Gasteiger partial charge on any atom is -0.310 e. The summed E-state index contributed by atoms with van der Waals surface area (Å²) in [6.45, 7) is 6.30. The number of rotatable bonds is 5. The third kappa shape index (κ3) is 5.07. The van der Waals surface area contributed by atoms with Gasteiger partial charge in [-0.3, -0.25) is 0 Å². The van der Waals surface area contributed by atoms with E-state index in [-0.39, 0.29) is 4.90 Å². The molecule has 1 atom stereocenters. The molecule has 0 saturated carbocycles. The van der Waals surface area contributed by atoms with E-state index in [9.17, 15) is 8.42 Å². The van der Waals surface area contributed by atoms with Gasteiger partial charge in [-0.25, -0.2) is 13.6 Å². The minimum absolute atomic E-state index is 0.180. The molecule has 0 aromatic heterocycles. The molecular formula is C15H25N3O2S. The number of sulfonamides is 1. The molecule has 1 heterocycles. The summed E-state index contributed by atoms with van der Waals surface area (Å²) < 4.78 is 22.7. The molecule has 0 spiro atoms. The zero-order chi connectivity index (χ0) is 15.3. The minimum atomic E-state index is -3.62. The predicted molar refractivity (Wildman–Crippen MR) is 84.4 cm³/mol. The first-order chi connectivity index (χ1) is 9.99. The molecule has 1 aliphatic heterocycles. The van der Waals surface area contributed by atoms with Crippen LogP contribution >= 0.6 is 0 Å². The highest BCUT2D eigenvalue weighted by atomic mass is 32.2. The van der Waals surface area contributed by atoms with Crippen molar-refractivity contribution >= 4 is 10.0 Å². The van der Waals surface area contributed by atoms with Gasteiger partial charge in [0, 0.05) is 12.6 Å². The number of benzene rings is 1. The second-order valence-corrected chi connectivity index (χ2v) is 7.20. The van der Waals surface area contributed by atoms with Crippen LogP contribution in [0.5, 0.6) is 0 Å². The van der Waals surface area contributed by atoms with Gasteiger partial charge in [-0.2, -0.15) is 0 Å². The highest BCUT2D eigenvalue weighted by molar-refractivity contribution is 7.89. The summed E-state index contributed by atoms with van der Waals surface area (Å²) in [7, 11) is -3.62. The summed E-state index contributed by atoms with van der Waals surface area (Å²) in [6, 6.07) is 7.35. The smallest absolute Gasteiger partial charge is 0.238 e. The van der Waals surface area contributed by atoms with E-state index >= 15 is 0 Å². The molecule has 5 nitrogen and oxygen atoms in total. The van der Waals surface area contributed by atoms with Crippen LogP contribution in [0.1, 0.15) is 31.7 Å². The zero-order valence-electron chi connectivity index (χ0n) is 12.6. The first-order valence-corrected chi connectivity index (χ1v) is 9.11. The third-order valence-corrected chi connectivity index (χ3v) is 5.00. The van der Waals surface area contributed by atoms with Crippen molar-refractivity contribution in [1.82, 2.24) is 10.2 Å². The number of primary sulfonamides is 1. The van der Waals surface area contributed by atoms with Crippen LogP contribution in [0.2, 0.25) is 0 Å². The average Bonchev–Trinajstić information content (AvgIpc) is 2.69. The van der Waals surface area contributed by atoms with Crippen LogP contribution in [0, 0.1) is 0 Å². The Hall–Kier alpha value is -0.950. The first kappa shape index (κ1) is 16.4. The molecule has 1 saturated heterocycles. The molecule has 3 N–H and O–H groups in total. The van der Waals surface area contributed by atoms with E-state index in [2.05, 4.69) is 17.1 Å². The molecule has 6 heteroatoms. The number of nitrogens with two attached hydrogens (primary N) is 1. The summed E-state index contributed by atoms with van der Waals surface area (Å²) >= 11 is 0. The first-order valence-electron chi connectivity index (χ1n) is 7.56. The van der Waals surface area contributed by atoms with Crippen molar-refractivity contribution < 1.29 is 8.42 Å². The number of nitrogens with zero attached hydrogens (tertiary/aromatic N) is 1. The maximum absolute atomic E-state index is 11.4. The van der Waals surface area contributed by atoms with Gasteiger partial charge >= 0.3 is 0 Å². The molecular weight excluding hydrogens is 286 g/mol. The molecule has 2 rings (SSSR count). The van der Waals surface area contributed by atoms with E-state index in [1.54, 1.807) is 12.1 Å². The molecule has 1 aromatic carbocycles. The van der Waals surface area contributed by atoms with Crippen LogP contribution in [0.25, 0.3) is 0 Å². The van der Waals surface area contributed by atoms with Crippen molar-refractivity contribution in [1.29, 1.82) is 0 Å². The second kappa shape index (κ2) is 7.35. The Bertz CT molecular complexity index is 560. The van der Waals surface area contributed by atoms with E-state index in [0.717, 1.165) is 25.1 Å². The van der Waals surface area contributed by atoms with Crippen LogP contribution in [0.15, 0.2) is 29.2 Å². The predicted octanol–water partition coefficient (Wildman–Crippen LogP) is 1.30. The summed E-state index contributed by atoms with van der Waals surface area (Å²) in [4.78, 5) is 2.66. The quantitative estimate of drug-likeness (QED) is 0.859. The van der Waals surface area contributed by atoms with Crippen LogP contribution in [0.4, 0.5) is 0 Å². The van der Waals surface area contributed by atoms with Crippen LogP contribution in [-0.4, -0.2) is 39.0 Å². The van der Waals surface area contributed by atoms with Gasteiger partial charge in [-0.1, -0.05) is 19.1 Å². The van der Waals surface area contributed by atoms with Crippen molar-refractivity contribution in [2.75, 3.05) is 19.6 Å². The number of hydrogen-bond donors (Lipinski definition) is 2. The van der Waals surface area contributed by atoms with Crippen molar-refractivity contribution in [3.63, 3.8) is 0 Å². The Balaban J connectivity index is 1.91. The van der Waals surface area contributed by atoms with Crippen molar-refractivity contribution in [2.45, 2.75) is 43.7 Å². The lowest BCUT2D eigenvalue weighted by atomic mass is 10.1. The Kier molecular flexibility index (Phi) is 5.75. The van der Waals surface area contributed by atoms with Gasteiger partial charge in [-0.05, 0) is 56.6 Å². The third-order valence-electron chi connectivity index (χ3n) is 4.09. The highest BCUT2D eigenvalue weighted by Gasteiger charge is 2.15. The molecule has 1 aliphatic rings. The molecule has 0 radical (unpaired) electrons. The maximum Gasteiger partial charge on any atom is 0.238 e. The fourth-order valence-corrected chi connectivity index (χ4v) is 3.35. The van der Waals surface area contributed by atoms with E-state index in [1.165, 1.54) is 25.5 Å². The Morgan fingerprint density at radius 2 is 2.14 bits per heavy atom. The number of hydrogen-bond acceptors (Lipinski definition) is 4. The van der Waals surface area contributed by atoms with Crippen molar-refractivity contribution in [3.05, 3.63) is 29.8 Å². The summed E-state index contributed by atoms with van der Waals surface area (Å²) in [5.74, 6) is 0. The molecule has 21 heavy (non-hydrogen) atoms. The van der Waals surface area contributed by atoms with Gasteiger partial charge in [0.15, 0.2) is 0 Å². The fraction of sp³-hybridized carbons (Fsp3) is 0.600. The molecule has 118 valence electrons. The fourth-order valence-electron chi connectivity index (χ4n) is 2.77. The standard InChI is InChI=1S/C15H25N3O2S/c1-2-18-9-4-6-14(8-10-18)17-12-13-5-3-7-15(11-13)21(16,19)20/h3,5,7,11,14,17H,2,4,6,8-10,12H2,1H3,(H2,16,19,20). The summed E-state index contributed by atoms with van der Waals surface area (Å²) in [5.41, 5.74) is 0.957. The number of nitrogens with one attached hydrogen (secondary N) is 1. The summed E-state index contributed by atoms with van der Waals surface area (Å²) in [5, 5.41) is 8.70. The van der Waals surface area contributed by atoms with Crippen molar-refractivity contribution in [3.8, 4) is 0 Å². The van der Waals surface area contributed by atoms with Gasteiger partial charge in [0.25, 0.3) is 0 Å². The summed E-state index contributed by atoms with van der Waals surface area (Å²) in [6.07, 6.45) is 3.52. The van der Waals surface area contributed by atoms with Crippen LogP contribution in [0.3, 0.4) is 0 Å². The second-order valence-electron chi connectivity index (χ2n) is 5.64. The van der Waals surface area contributed by atoms with Crippen LogP contribution < -0.4 is 10.5 Å². The average molecular weight is 311 g/mol. The van der Waals surface area contributed by atoms with Gasteiger partial charge < -0.3 is 10.2 Å². The largest absolute Gasteiger partial charge is 0.310 e. The van der Waals surface area contributed by atoms with Gasteiger partial charge in [-0.15, -0.1) is 0 Å². The maximum atomic E-state index is 11.4. The van der Waals surface area contributed by atoms with Crippen molar-refractivity contribution in [2.24, 2.45) is 5.14 Å². The van der Waals surface area contributed by atoms with Gasteiger partial charge in [0.05, 0.1) is 4.90 Å². The topological polar surface area (TPSA) is 75.4 Å². The highest BCUT2D eigenvalue weighted by Crippen LogP contribution is 2.13. The number of likely N-dealkylation sites (tertiary alicyclic amines) is 1. The zero-order valence-corrected chi connectivity index (χ0v) is 13.4. The lowest BCUT2D eigenvalue weighted by molar-refractivity contribution is 0.297. The van der Waals surface area contributed by atoms with Crippen LogP contribution in [-0.2, 0) is 16.6 Å². The SMILES string of the molecule is CCN1CCCC(NCc2cccc(S(N)(=O)=O)c2)CC1. The molecule has 0 amide bonds. The Morgan fingerprint density at radius 1 is 1.33 bits per heavy atom. The van der Waals surface area contributed by atoms with E-state index in [4.69, 9.17) is 5.14 Å². The molecule has 0 bridgehead atoms. The van der Waals surface area contributed by atoms with E-state index < -0.39 is 10.0 Å². The van der Waals surface area contributed by atoms with E-state index in [1.807, 2.05) is 6.07 Å². The van der Waals surface area contributed by atoms with Gasteiger partial charge in [0.1, 0.15) is 0 Å². The molecule has 1 fully saturated rings. The van der Waals surface area contributed by atoms with Gasteiger partial charge in [0.2, 0.25) is 10.0 Å². The molecule has 1 unspecified atom stereocenters. The molecule has 0 aliphatic carbocycles. The lowest BCUT2D eigenvalue weighted by Gasteiger charge is -2.18. The normalized spacial score (nSPS) is 21.1. The Labute approximate surface area is 127 Å².